The van der Waals surface area contributed by atoms with Gasteiger partial charge in [-0.2, -0.15) is 0 Å². The number of hydrogen-bond acceptors (Lipinski definition) is 6. The van der Waals surface area contributed by atoms with Crippen molar-refractivity contribution in [3.8, 4) is 28.2 Å². The topological polar surface area (TPSA) is 207 Å². The number of primary sulfonamides is 1. The molecule has 2 aromatic carbocycles. The van der Waals surface area contributed by atoms with Gasteiger partial charge < -0.3 is 36.3 Å². The van der Waals surface area contributed by atoms with Crippen LogP contribution in [0.2, 0.25) is 5.02 Å². The van der Waals surface area contributed by atoms with Crippen molar-refractivity contribution in [1.29, 1.82) is 0 Å². The molecule has 0 aliphatic carbocycles. The number of methoxy groups -OCH3 is 1. The quantitative estimate of drug-likeness (QED) is 0.256. The highest BCUT2D eigenvalue weighted by Gasteiger charge is 2.21. The molecule has 10 nitrogen and oxygen atoms in total. The first-order valence-corrected chi connectivity index (χ1v) is 12.6. The first kappa shape index (κ1) is 36.2. The van der Waals surface area contributed by atoms with Crippen molar-refractivity contribution >= 4 is 56.4 Å². The summed E-state index contributed by atoms with van der Waals surface area (Å²) in [6.45, 7) is 2.05. The highest BCUT2D eigenvalue weighted by atomic mass is 35.5. The third-order valence-electron chi connectivity index (χ3n) is 4.18. The van der Waals surface area contributed by atoms with Crippen LogP contribution >= 0.6 is 36.0 Å². The Morgan fingerprint density at radius 3 is 2.05 bits per heavy atom. The molecular formula is C23H32ClN3O7S3. The Kier molecular flexibility index (Phi) is 16.4. The first-order chi connectivity index (χ1) is 16.3. The molecule has 0 bridgehead atoms. The lowest BCUT2D eigenvalue weighted by Crippen LogP contribution is -2.13. The van der Waals surface area contributed by atoms with Gasteiger partial charge in [0.1, 0.15) is 17.3 Å². The Hall–Kier alpha value is -2.94. The highest BCUT2D eigenvalue weighted by molar-refractivity contribution is 7.89. The van der Waals surface area contributed by atoms with E-state index in [-0.39, 0.29) is 17.8 Å². The number of hydrogen-bond donors (Lipinski definition) is 5. The number of ether oxygens (including phenoxy) is 1. The molecule has 0 saturated heterocycles. The summed E-state index contributed by atoms with van der Waals surface area (Å²) in [5.74, 6) is 1.85. The van der Waals surface area contributed by atoms with Gasteiger partial charge in [-0.15, -0.1) is 0 Å². The molecule has 0 amide bonds. The van der Waals surface area contributed by atoms with E-state index in [9.17, 15) is 8.42 Å². The number of rotatable bonds is 6. The molecule has 0 radical (unpaired) electrons. The van der Waals surface area contributed by atoms with E-state index in [1.165, 1.54) is 6.07 Å². The van der Waals surface area contributed by atoms with Gasteiger partial charge in [0.05, 0.1) is 17.0 Å². The van der Waals surface area contributed by atoms with Gasteiger partial charge in [-0.1, -0.05) is 44.2 Å². The summed E-state index contributed by atoms with van der Waals surface area (Å²) >= 11 is 14.0. The Bertz CT molecular complexity index is 1260. The van der Waals surface area contributed by atoms with Gasteiger partial charge in [0.15, 0.2) is 0 Å². The third-order valence-corrected chi connectivity index (χ3v) is 5.44. The summed E-state index contributed by atoms with van der Waals surface area (Å²) < 4.78 is 35.4. The van der Waals surface area contributed by atoms with Crippen molar-refractivity contribution in [1.82, 2.24) is 0 Å². The zero-order valence-electron chi connectivity index (χ0n) is 19.4. The number of furan rings is 1. The lowest BCUT2D eigenvalue weighted by Gasteiger charge is -2.09. The van der Waals surface area contributed by atoms with E-state index in [1.54, 1.807) is 37.4 Å². The zero-order valence-corrected chi connectivity index (χ0v) is 22.6. The summed E-state index contributed by atoms with van der Waals surface area (Å²) in [6, 6.07) is 13.8. The molecule has 1 heterocycles. The average molecular weight is 594 g/mol. The summed E-state index contributed by atoms with van der Waals surface area (Å²) in [7, 11) is -2.35. The molecule has 0 aliphatic rings. The van der Waals surface area contributed by atoms with Crippen molar-refractivity contribution in [2.45, 2.75) is 32.1 Å². The number of nitrogens with two attached hydrogens (primary N) is 3. The van der Waals surface area contributed by atoms with Crippen LogP contribution in [0.25, 0.3) is 22.5 Å². The van der Waals surface area contributed by atoms with Gasteiger partial charge >= 0.3 is 0 Å². The van der Waals surface area contributed by atoms with Crippen LogP contribution in [0.5, 0.6) is 5.75 Å². The van der Waals surface area contributed by atoms with Gasteiger partial charge in [-0.25, -0.2) is 13.6 Å². The molecule has 0 aliphatic heterocycles. The lowest BCUT2D eigenvalue weighted by molar-refractivity contribution is 0.415. The van der Waals surface area contributed by atoms with E-state index in [1.807, 2.05) is 19.1 Å². The second-order valence-corrected chi connectivity index (χ2v) is 9.55. The average Bonchev–Trinajstić information content (AvgIpc) is 3.16. The van der Waals surface area contributed by atoms with Gasteiger partial charge in [0, 0.05) is 23.1 Å². The maximum absolute atomic E-state index is 12.1. The Morgan fingerprint density at radius 1 is 1.05 bits per heavy atom. The van der Waals surface area contributed by atoms with Crippen LogP contribution < -0.4 is 21.3 Å². The minimum atomic E-state index is -3.89. The molecule has 1 aromatic heterocycles. The van der Waals surface area contributed by atoms with E-state index >= 15 is 0 Å². The normalized spacial score (nSPS) is 9.73. The maximum atomic E-state index is 12.1. The minimum Gasteiger partial charge on any atom is -0.495 e. The van der Waals surface area contributed by atoms with Crippen molar-refractivity contribution in [3.05, 3.63) is 59.3 Å². The second-order valence-electron chi connectivity index (χ2n) is 6.77. The van der Waals surface area contributed by atoms with Gasteiger partial charge in [0.25, 0.3) is 10.3 Å². The maximum Gasteiger partial charge on any atom is 0.251 e. The van der Waals surface area contributed by atoms with E-state index in [2.05, 4.69) is 35.9 Å². The fourth-order valence-corrected chi connectivity index (χ4v) is 3.98. The smallest absolute Gasteiger partial charge is 0.251 e. The number of aryl methyl sites for hydroxylation is 1. The number of sulfonamides is 1. The fraction of sp³-hybridized carbons (Fsp3) is 0.217. The molecule has 0 fully saturated rings. The molecule has 37 heavy (non-hydrogen) atoms. The second kappa shape index (κ2) is 16.7. The molecule has 0 unspecified atom stereocenters. The predicted molar refractivity (Wildman–Crippen MR) is 156 cm³/mol. The number of aliphatic hydroxyl groups excluding tert-OH is 2. The molecule has 3 rings (SSSR count). The van der Waals surface area contributed by atoms with Crippen molar-refractivity contribution < 1.29 is 33.3 Å². The van der Waals surface area contributed by atoms with Crippen LogP contribution in [-0.4, -0.2) is 41.6 Å². The highest BCUT2D eigenvalue weighted by Crippen LogP contribution is 2.40. The van der Waals surface area contributed by atoms with Crippen molar-refractivity contribution in [2.24, 2.45) is 16.6 Å². The summed E-state index contributed by atoms with van der Waals surface area (Å²) in [5, 5.41) is 20.0. The summed E-state index contributed by atoms with van der Waals surface area (Å²) in [5.41, 5.74) is 10.7. The van der Waals surface area contributed by atoms with E-state index in [0.717, 1.165) is 24.2 Å². The Balaban J connectivity index is 0. The number of aliphatic hydroxyl groups is 2. The van der Waals surface area contributed by atoms with Crippen LogP contribution in [0.15, 0.2) is 57.8 Å². The zero-order chi connectivity index (χ0) is 26.8. The first-order valence-electron chi connectivity index (χ1n) is 9.87. The van der Waals surface area contributed by atoms with Crippen molar-refractivity contribution in [3.63, 3.8) is 0 Å². The molecule has 14 heteroatoms. The van der Waals surface area contributed by atoms with Crippen LogP contribution in [0.3, 0.4) is 0 Å². The minimum absolute atomic E-state index is 0. The molecule has 0 spiro atoms. The van der Waals surface area contributed by atoms with Crippen LogP contribution in [0.4, 0.5) is 0 Å². The molecule has 0 atom stereocenters. The Morgan fingerprint density at radius 2 is 1.59 bits per heavy atom. The lowest BCUT2D eigenvalue weighted by atomic mass is 10.0. The predicted octanol–water partition coefficient (Wildman–Crippen LogP) is 4.26. The van der Waals surface area contributed by atoms with Crippen LogP contribution in [0, 0.1) is 0 Å². The number of thiocarbonyl (C=S) groups is 2. The van der Waals surface area contributed by atoms with Gasteiger partial charge in [-0.3, -0.25) is 0 Å². The standard InChI is InChI=1S/C20H20ClNO4S.2CH3NOS.CH4.H2O/c1-3-6-14-12-16(15-7-4-5-8-19(15)27(22,23)24)20(26-14)13-9-10-18(25-2)17(21)11-13;2*2-1(3)4;;/h4-5,7-12H,3,6H2,1-2H3,(H2,22,23,24);2*(H3,2,3,4);1H4;1H2. The van der Waals surface area contributed by atoms with Crippen LogP contribution in [-0.2, 0) is 16.4 Å². The number of benzene rings is 2. The monoisotopic (exact) mass is 593 g/mol. The van der Waals surface area contributed by atoms with E-state index < -0.39 is 20.4 Å². The molecule has 10 N–H and O–H groups in total. The summed E-state index contributed by atoms with van der Waals surface area (Å²) in [4.78, 5) is 0.0507. The SMILES string of the molecule is C.CCCc1cc(-c2ccccc2S(N)(=O)=O)c(-c2ccc(OC)c(Cl)c2)o1.NC(O)=S.NC(O)=S.O. The van der Waals surface area contributed by atoms with Crippen molar-refractivity contribution in [2.75, 3.05) is 7.11 Å². The molecule has 206 valence electrons. The van der Waals surface area contributed by atoms with Crippen LogP contribution in [0.1, 0.15) is 26.5 Å². The third kappa shape index (κ3) is 11.8. The summed E-state index contributed by atoms with van der Waals surface area (Å²) in [6.07, 6.45) is 1.63. The van der Waals surface area contributed by atoms with E-state index in [4.69, 9.17) is 36.1 Å². The number of halogens is 1. The van der Waals surface area contributed by atoms with E-state index in [0.29, 0.717) is 27.7 Å². The fourth-order valence-electron chi connectivity index (χ4n) is 2.97. The molecular weight excluding hydrogens is 562 g/mol. The Labute approximate surface area is 232 Å². The van der Waals surface area contributed by atoms with Gasteiger partial charge in [-0.05, 0) is 61.2 Å². The largest absolute Gasteiger partial charge is 0.495 e. The molecule has 0 saturated carbocycles. The molecule has 3 aromatic rings. The van der Waals surface area contributed by atoms with Gasteiger partial charge in [0.2, 0.25) is 10.0 Å².